The van der Waals surface area contributed by atoms with Crippen LogP contribution in [0.5, 0.6) is 0 Å². The second-order valence-electron chi connectivity index (χ2n) is 6.73. The molecule has 1 aromatic heterocycles. The summed E-state index contributed by atoms with van der Waals surface area (Å²) in [4.78, 5) is 24.2. The number of nitrogens with zero attached hydrogens (tertiary/aromatic N) is 2. The van der Waals surface area contributed by atoms with Crippen molar-refractivity contribution in [3.8, 4) is 0 Å². The molecule has 0 spiro atoms. The van der Waals surface area contributed by atoms with Crippen LogP contribution >= 0.6 is 0 Å². The van der Waals surface area contributed by atoms with E-state index in [1.54, 1.807) is 13.8 Å². The van der Waals surface area contributed by atoms with E-state index in [0.717, 1.165) is 17.4 Å². The lowest BCUT2D eigenvalue weighted by Crippen LogP contribution is -2.36. The summed E-state index contributed by atoms with van der Waals surface area (Å²) in [5, 5.41) is 2.87. The van der Waals surface area contributed by atoms with Crippen LogP contribution < -0.4 is 10.9 Å². The van der Waals surface area contributed by atoms with Crippen LogP contribution in [0.3, 0.4) is 0 Å². The Balaban J connectivity index is 2.07. The molecular weight excluding hydrogens is 354 g/mol. The Morgan fingerprint density at radius 1 is 1.19 bits per heavy atom. The molecule has 0 aliphatic heterocycles. The van der Waals surface area contributed by atoms with Crippen LogP contribution in [0.15, 0.2) is 28.0 Å². The van der Waals surface area contributed by atoms with Gasteiger partial charge in [0.1, 0.15) is 6.54 Å². The third-order valence-electron chi connectivity index (χ3n) is 4.93. The average molecular weight is 384 g/mol. The van der Waals surface area contributed by atoms with Gasteiger partial charge >= 0.3 is 0 Å². The van der Waals surface area contributed by atoms with Gasteiger partial charge in [-0.3, -0.25) is 9.59 Å². The van der Waals surface area contributed by atoms with E-state index in [1.807, 2.05) is 0 Å². The van der Waals surface area contributed by atoms with E-state index in [4.69, 9.17) is 0 Å². The van der Waals surface area contributed by atoms with Crippen LogP contribution in [0.4, 0.5) is 0 Å². The Morgan fingerprint density at radius 2 is 1.85 bits per heavy atom. The average Bonchev–Trinajstić information content (AvgIpc) is 2.63. The highest BCUT2D eigenvalue weighted by Gasteiger charge is 2.22. The number of sulfonamides is 1. The topological polar surface area (TPSA) is 88.5 Å². The lowest BCUT2D eigenvalue weighted by atomic mass is 9.89. The summed E-state index contributed by atoms with van der Waals surface area (Å²) in [6.45, 7) is 4.66. The van der Waals surface area contributed by atoms with Gasteiger partial charge in [-0.25, -0.2) is 8.42 Å². The minimum Gasteiger partial charge on any atom is -0.354 e. The molecule has 1 aromatic rings. The van der Waals surface area contributed by atoms with Gasteiger partial charge in [0, 0.05) is 31.9 Å². The molecule has 8 heteroatoms. The van der Waals surface area contributed by atoms with E-state index >= 15 is 0 Å². The van der Waals surface area contributed by atoms with Crippen molar-refractivity contribution in [2.75, 3.05) is 19.6 Å². The number of nitrogens with one attached hydrogen (secondary N) is 1. The first-order chi connectivity index (χ1) is 12.4. The van der Waals surface area contributed by atoms with Gasteiger partial charge in [0.15, 0.2) is 0 Å². The molecule has 7 nitrogen and oxygen atoms in total. The molecule has 0 aromatic carbocycles. The number of rotatable bonds is 8. The zero-order valence-corrected chi connectivity index (χ0v) is 16.4. The van der Waals surface area contributed by atoms with Crippen LogP contribution in [0, 0.1) is 5.92 Å². The van der Waals surface area contributed by atoms with Crippen LogP contribution in [0.25, 0.3) is 0 Å². The summed E-state index contributed by atoms with van der Waals surface area (Å²) in [7, 11) is -3.66. The van der Waals surface area contributed by atoms with Crippen LogP contribution in [0.2, 0.25) is 0 Å². The predicted molar refractivity (Wildman–Crippen MR) is 100 cm³/mol. The normalized spacial score (nSPS) is 16.0. The maximum atomic E-state index is 12.6. The minimum atomic E-state index is -3.66. The van der Waals surface area contributed by atoms with Crippen molar-refractivity contribution in [3.63, 3.8) is 0 Å². The monoisotopic (exact) mass is 383 g/mol. The molecule has 0 saturated heterocycles. The third kappa shape index (κ3) is 5.17. The molecule has 0 unspecified atom stereocenters. The van der Waals surface area contributed by atoms with Gasteiger partial charge in [-0.1, -0.05) is 33.1 Å². The third-order valence-corrected chi connectivity index (χ3v) is 6.96. The van der Waals surface area contributed by atoms with Gasteiger partial charge in [0.05, 0.1) is 4.90 Å². The molecule has 1 amide bonds. The highest BCUT2D eigenvalue weighted by molar-refractivity contribution is 7.89. The van der Waals surface area contributed by atoms with Crippen LogP contribution in [-0.4, -0.2) is 42.8 Å². The van der Waals surface area contributed by atoms with E-state index in [9.17, 15) is 18.0 Å². The Hall–Kier alpha value is -1.67. The molecule has 2 rings (SSSR count). The van der Waals surface area contributed by atoms with Crippen LogP contribution in [0.1, 0.15) is 46.0 Å². The van der Waals surface area contributed by atoms with Crippen molar-refractivity contribution in [1.82, 2.24) is 14.2 Å². The summed E-state index contributed by atoms with van der Waals surface area (Å²) in [5.41, 5.74) is -0.392. The van der Waals surface area contributed by atoms with E-state index < -0.39 is 15.6 Å². The maximum absolute atomic E-state index is 12.6. The fourth-order valence-electron chi connectivity index (χ4n) is 3.36. The number of aromatic nitrogens is 1. The van der Waals surface area contributed by atoms with Crippen molar-refractivity contribution < 1.29 is 13.2 Å². The fourth-order valence-corrected chi connectivity index (χ4v) is 4.84. The molecule has 1 aliphatic carbocycles. The number of amides is 1. The molecular formula is C18H29N3O4S. The SMILES string of the molecule is CCN(CC)S(=O)(=O)c1ccc(=O)n(CC(=O)NCC2CCCCC2)c1. The molecule has 1 saturated carbocycles. The van der Waals surface area contributed by atoms with E-state index in [0.29, 0.717) is 25.6 Å². The number of carbonyl (C=O) groups excluding carboxylic acids is 1. The van der Waals surface area contributed by atoms with Crippen LogP contribution in [-0.2, 0) is 21.4 Å². The zero-order valence-electron chi connectivity index (χ0n) is 15.6. The van der Waals surface area contributed by atoms with Crippen molar-refractivity contribution in [3.05, 3.63) is 28.7 Å². The maximum Gasteiger partial charge on any atom is 0.251 e. The summed E-state index contributed by atoms with van der Waals surface area (Å²) >= 11 is 0. The second kappa shape index (κ2) is 9.32. The first-order valence-electron chi connectivity index (χ1n) is 9.35. The summed E-state index contributed by atoms with van der Waals surface area (Å²) in [6, 6.07) is 2.50. The van der Waals surface area contributed by atoms with Crippen molar-refractivity contribution in [2.45, 2.75) is 57.4 Å². The first kappa shape index (κ1) is 20.6. The van der Waals surface area contributed by atoms with E-state index in [-0.39, 0.29) is 17.3 Å². The number of hydrogen-bond donors (Lipinski definition) is 1. The molecule has 0 atom stereocenters. The summed E-state index contributed by atoms with van der Waals surface area (Å²) in [5.74, 6) is 0.230. The molecule has 1 fully saturated rings. The quantitative estimate of drug-likeness (QED) is 0.738. The molecule has 1 aliphatic rings. The number of pyridine rings is 1. The number of hydrogen-bond acceptors (Lipinski definition) is 4. The minimum absolute atomic E-state index is 0.0286. The smallest absolute Gasteiger partial charge is 0.251 e. The van der Waals surface area contributed by atoms with E-state index in [2.05, 4.69) is 5.32 Å². The van der Waals surface area contributed by atoms with Gasteiger partial charge < -0.3 is 9.88 Å². The second-order valence-corrected chi connectivity index (χ2v) is 8.67. The molecule has 0 bridgehead atoms. The fraction of sp³-hybridized carbons (Fsp3) is 0.667. The number of carbonyl (C=O) groups is 1. The molecule has 26 heavy (non-hydrogen) atoms. The highest BCUT2D eigenvalue weighted by atomic mass is 32.2. The Labute approximate surface area is 155 Å². The van der Waals surface area contributed by atoms with Crippen molar-refractivity contribution >= 4 is 15.9 Å². The van der Waals surface area contributed by atoms with Gasteiger partial charge in [-0.15, -0.1) is 0 Å². The van der Waals surface area contributed by atoms with Crippen molar-refractivity contribution in [2.24, 2.45) is 5.92 Å². The Morgan fingerprint density at radius 3 is 2.46 bits per heavy atom. The summed E-state index contributed by atoms with van der Waals surface area (Å²) in [6.07, 6.45) is 7.16. The van der Waals surface area contributed by atoms with Gasteiger partial charge in [0.25, 0.3) is 5.56 Å². The molecule has 0 radical (unpaired) electrons. The summed E-state index contributed by atoms with van der Waals surface area (Å²) < 4.78 is 27.7. The zero-order chi connectivity index (χ0) is 19.2. The lowest BCUT2D eigenvalue weighted by Gasteiger charge is -2.22. The van der Waals surface area contributed by atoms with E-state index in [1.165, 1.54) is 41.9 Å². The Bertz CT molecular complexity index is 763. The van der Waals surface area contributed by atoms with Gasteiger partial charge in [-0.2, -0.15) is 4.31 Å². The first-order valence-corrected chi connectivity index (χ1v) is 10.8. The molecule has 1 heterocycles. The molecule has 146 valence electrons. The standard InChI is InChI=1S/C18H29N3O4S/c1-3-21(4-2)26(24,25)16-10-11-18(23)20(13-16)14-17(22)19-12-15-8-6-5-7-9-15/h10-11,13,15H,3-9,12,14H2,1-2H3,(H,19,22). The molecule has 1 N–H and O–H groups in total. The largest absolute Gasteiger partial charge is 0.354 e. The Kier molecular flexibility index (Phi) is 7.40. The van der Waals surface area contributed by atoms with Gasteiger partial charge in [0.2, 0.25) is 15.9 Å². The van der Waals surface area contributed by atoms with Gasteiger partial charge in [-0.05, 0) is 24.8 Å². The lowest BCUT2D eigenvalue weighted by molar-refractivity contribution is -0.121. The van der Waals surface area contributed by atoms with Crippen molar-refractivity contribution in [1.29, 1.82) is 0 Å². The predicted octanol–water partition coefficient (Wildman–Crippen LogP) is 1.58. The highest BCUT2D eigenvalue weighted by Crippen LogP contribution is 2.22.